The second-order valence-electron chi connectivity index (χ2n) is 4.77. The topological polar surface area (TPSA) is 78.5 Å². The summed E-state index contributed by atoms with van der Waals surface area (Å²) in [7, 11) is 0. The number of imidazole rings is 2. The quantitative estimate of drug-likeness (QED) is 0.664. The van der Waals surface area contributed by atoms with Gasteiger partial charge in [-0.25, -0.2) is 9.78 Å². The van der Waals surface area contributed by atoms with Crippen LogP contribution in [0.25, 0.3) is 11.0 Å². The van der Waals surface area contributed by atoms with Gasteiger partial charge in [0.15, 0.2) is 0 Å². The van der Waals surface area contributed by atoms with E-state index in [4.69, 9.17) is 0 Å². The van der Waals surface area contributed by atoms with E-state index in [1.807, 2.05) is 30.7 Å². The van der Waals surface area contributed by atoms with Crippen LogP contribution in [0.4, 0.5) is 5.69 Å². The summed E-state index contributed by atoms with van der Waals surface area (Å²) in [5, 5.41) is 3.35. The molecule has 6 heteroatoms. The summed E-state index contributed by atoms with van der Waals surface area (Å²) >= 11 is 0. The average molecular weight is 271 g/mol. The van der Waals surface area contributed by atoms with Crippen molar-refractivity contribution in [2.75, 3.05) is 5.32 Å². The van der Waals surface area contributed by atoms with Crippen LogP contribution in [0, 0.1) is 0 Å². The number of fused-ring (bicyclic) bond motifs is 1. The third-order valence-electron chi connectivity index (χ3n) is 3.25. The van der Waals surface area contributed by atoms with Crippen molar-refractivity contribution >= 4 is 16.7 Å². The number of benzene rings is 1. The fourth-order valence-electron chi connectivity index (χ4n) is 2.27. The lowest BCUT2D eigenvalue weighted by Crippen LogP contribution is -2.06. The molecule has 20 heavy (non-hydrogen) atoms. The van der Waals surface area contributed by atoms with Gasteiger partial charge in [-0.2, -0.15) is 0 Å². The molecule has 0 aliphatic rings. The van der Waals surface area contributed by atoms with Crippen molar-refractivity contribution < 1.29 is 0 Å². The van der Waals surface area contributed by atoms with E-state index in [1.54, 1.807) is 0 Å². The van der Waals surface area contributed by atoms with Crippen LogP contribution in [0.2, 0.25) is 0 Å². The van der Waals surface area contributed by atoms with Crippen LogP contribution in [-0.2, 0) is 13.1 Å². The predicted octanol–water partition coefficient (Wildman–Crippen LogP) is 2.07. The van der Waals surface area contributed by atoms with Crippen molar-refractivity contribution in [2.45, 2.75) is 26.4 Å². The van der Waals surface area contributed by atoms with Crippen molar-refractivity contribution in [3.8, 4) is 0 Å². The molecule has 3 N–H and O–H groups in total. The smallest absolute Gasteiger partial charge is 0.323 e. The highest BCUT2D eigenvalue weighted by Crippen LogP contribution is 2.15. The minimum atomic E-state index is -0.182. The van der Waals surface area contributed by atoms with E-state index in [9.17, 15) is 4.79 Å². The lowest BCUT2D eigenvalue weighted by molar-refractivity contribution is 0.651. The molecule has 0 unspecified atom stereocenters. The van der Waals surface area contributed by atoms with Gasteiger partial charge in [0, 0.05) is 18.4 Å². The van der Waals surface area contributed by atoms with E-state index in [-0.39, 0.29) is 5.69 Å². The highest BCUT2D eigenvalue weighted by molar-refractivity contribution is 5.78. The lowest BCUT2D eigenvalue weighted by atomic mass is 10.2. The van der Waals surface area contributed by atoms with Gasteiger partial charge in [-0.1, -0.05) is 6.92 Å². The number of aromatic amines is 2. The fourth-order valence-corrected chi connectivity index (χ4v) is 2.27. The van der Waals surface area contributed by atoms with Gasteiger partial charge in [-0.3, -0.25) is 0 Å². The summed E-state index contributed by atoms with van der Waals surface area (Å²) in [6, 6.07) is 5.76. The number of rotatable bonds is 5. The summed E-state index contributed by atoms with van der Waals surface area (Å²) in [6.07, 6.45) is 4.81. The van der Waals surface area contributed by atoms with Crippen LogP contribution >= 0.6 is 0 Å². The summed E-state index contributed by atoms with van der Waals surface area (Å²) in [4.78, 5) is 20.9. The number of hydrogen-bond acceptors (Lipinski definition) is 3. The van der Waals surface area contributed by atoms with E-state index in [1.165, 1.54) is 0 Å². The zero-order valence-corrected chi connectivity index (χ0v) is 11.3. The largest absolute Gasteiger partial charge is 0.379 e. The number of H-pyrrole nitrogens is 2. The zero-order valence-electron chi connectivity index (χ0n) is 11.3. The molecule has 0 spiro atoms. The monoisotopic (exact) mass is 271 g/mol. The van der Waals surface area contributed by atoms with Crippen molar-refractivity contribution in [1.29, 1.82) is 0 Å². The summed E-state index contributed by atoms with van der Waals surface area (Å²) in [6.45, 7) is 3.83. The highest BCUT2D eigenvalue weighted by Gasteiger charge is 2.03. The first-order valence-electron chi connectivity index (χ1n) is 6.71. The maximum absolute atomic E-state index is 11.2. The zero-order chi connectivity index (χ0) is 13.9. The maximum atomic E-state index is 11.2. The molecule has 0 amide bonds. The van der Waals surface area contributed by atoms with Crippen LogP contribution < -0.4 is 11.0 Å². The molecule has 2 heterocycles. The first-order chi connectivity index (χ1) is 9.76. The van der Waals surface area contributed by atoms with Gasteiger partial charge in [-0.05, 0) is 24.6 Å². The standard InChI is InChI=1S/C14H17N5O/c1-2-5-19-9-15-7-11(19)8-16-10-3-4-12-13(6-10)18-14(20)17-12/h3-4,6-7,9,16H,2,5,8H2,1H3,(H2,17,18,20). The third kappa shape index (κ3) is 2.45. The molecule has 3 rings (SSSR count). The Balaban J connectivity index is 1.75. The number of nitrogens with zero attached hydrogens (tertiary/aromatic N) is 2. The van der Waals surface area contributed by atoms with Crippen LogP contribution in [0.3, 0.4) is 0 Å². The summed E-state index contributed by atoms with van der Waals surface area (Å²) < 4.78 is 2.14. The van der Waals surface area contributed by atoms with E-state index in [2.05, 4.69) is 31.8 Å². The molecule has 0 aliphatic carbocycles. The number of aromatic nitrogens is 4. The van der Waals surface area contributed by atoms with Gasteiger partial charge in [0.05, 0.1) is 29.6 Å². The van der Waals surface area contributed by atoms with Gasteiger partial charge in [0.2, 0.25) is 0 Å². The Morgan fingerprint density at radius 1 is 1.30 bits per heavy atom. The molecule has 1 aromatic carbocycles. The Bertz CT molecular complexity index is 767. The normalized spacial score (nSPS) is 11.1. The molecule has 0 bridgehead atoms. The number of nitrogens with one attached hydrogen (secondary N) is 3. The van der Waals surface area contributed by atoms with Gasteiger partial charge >= 0.3 is 5.69 Å². The molecule has 0 saturated heterocycles. The van der Waals surface area contributed by atoms with Crippen molar-refractivity contribution in [3.05, 3.63) is 46.9 Å². The summed E-state index contributed by atoms with van der Waals surface area (Å²) in [5.74, 6) is 0. The fraction of sp³-hybridized carbons (Fsp3) is 0.286. The molecule has 0 fully saturated rings. The van der Waals surface area contributed by atoms with E-state index < -0.39 is 0 Å². The molecular formula is C14H17N5O. The minimum Gasteiger partial charge on any atom is -0.379 e. The molecule has 6 nitrogen and oxygen atoms in total. The second kappa shape index (κ2) is 5.24. The Labute approximate surface area is 115 Å². The second-order valence-corrected chi connectivity index (χ2v) is 4.77. The Morgan fingerprint density at radius 3 is 3.00 bits per heavy atom. The van der Waals surface area contributed by atoms with Crippen molar-refractivity contribution in [2.24, 2.45) is 0 Å². The molecule has 2 aromatic heterocycles. The average Bonchev–Trinajstić information content (AvgIpc) is 3.01. The molecule has 0 radical (unpaired) electrons. The van der Waals surface area contributed by atoms with Crippen LogP contribution in [-0.4, -0.2) is 19.5 Å². The van der Waals surface area contributed by atoms with Gasteiger partial charge in [0.25, 0.3) is 0 Å². The van der Waals surface area contributed by atoms with Crippen LogP contribution in [0.15, 0.2) is 35.5 Å². The lowest BCUT2D eigenvalue weighted by Gasteiger charge is -2.09. The van der Waals surface area contributed by atoms with Gasteiger partial charge < -0.3 is 19.9 Å². The van der Waals surface area contributed by atoms with E-state index in [0.717, 1.165) is 35.4 Å². The molecule has 0 atom stereocenters. The minimum absolute atomic E-state index is 0.182. The SMILES string of the molecule is CCCn1cncc1CNc1ccc2[nH]c(=O)[nH]c2c1. The molecule has 104 valence electrons. The van der Waals surface area contributed by atoms with Gasteiger partial charge in [0.1, 0.15) is 0 Å². The Kier molecular flexibility index (Phi) is 3.28. The predicted molar refractivity (Wildman–Crippen MR) is 78.8 cm³/mol. The number of hydrogen-bond donors (Lipinski definition) is 3. The first-order valence-corrected chi connectivity index (χ1v) is 6.71. The summed E-state index contributed by atoms with van der Waals surface area (Å²) in [5.41, 5.74) is 3.56. The van der Waals surface area contributed by atoms with Crippen LogP contribution in [0.5, 0.6) is 0 Å². The maximum Gasteiger partial charge on any atom is 0.323 e. The number of anilines is 1. The third-order valence-corrected chi connectivity index (χ3v) is 3.25. The van der Waals surface area contributed by atoms with E-state index in [0.29, 0.717) is 6.54 Å². The van der Waals surface area contributed by atoms with E-state index >= 15 is 0 Å². The van der Waals surface area contributed by atoms with Crippen molar-refractivity contribution in [1.82, 2.24) is 19.5 Å². The Hall–Kier alpha value is -2.50. The molecular weight excluding hydrogens is 254 g/mol. The van der Waals surface area contributed by atoms with Crippen molar-refractivity contribution in [3.63, 3.8) is 0 Å². The first kappa shape index (κ1) is 12.5. The van der Waals surface area contributed by atoms with Gasteiger partial charge in [-0.15, -0.1) is 0 Å². The number of aryl methyl sites for hydroxylation is 1. The Morgan fingerprint density at radius 2 is 2.15 bits per heavy atom. The van der Waals surface area contributed by atoms with Crippen LogP contribution in [0.1, 0.15) is 19.0 Å². The molecule has 0 saturated carbocycles. The highest BCUT2D eigenvalue weighted by atomic mass is 16.1. The molecule has 0 aliphatic heterocycles. The molecule has 3 aromatic rings.